The Morgan fingerprint density at radius 2 is 2.00 bits per heavy atom. The first-order valence-electron chi connectivity index (χ1n) is 7.47. The van der Waals surface area contributed by atoms with Gasteiger partial charge in [0.1, 0.15) is 0 Å². The van der Waals surface area contributed by atoms with Crippen LogP contribution in [0.25, 0.3) is 0 Å². The molecule has 1 N–H and O–H groups in total. The molecule has 1 aliphatic rings. The molecule has 0 amide bonds. The van der Waals surface area contributed by atoms with E-state index in [1.165, 1.54) is 43.5 Å². The minimum Gasteiger partial charge on any atom is -0.306 e. The summed E-state index contributed by atoms with van der Waals surface area (Å²) in [5, 5.41) is 8.38. The number of aryl methyl sites for hydroxylation is 2. The van der Waals surface area contributed by atoms with Crippen molar-refractivity contribution in [3.8, 4) is 0 Å². The van der Waals surface area contributed by atoms with Crippen LogP contribution in [0.4, 0.5) is 0 Å². The second-order valence-corrected chi connectivity index (χ2v) is 5.77. The first-order chi connectivity index (χ1) is 8.67. The zero-order chi connectivity index (χ0) is 13.0. The van der Waals surface area contributed by atoms with E-state index in [1.807, 2.05) is 0 Å². The van der Waals surface area contributed by atoms with Crippen molar-refractivity contribution >= 4 is 0 Å². The Balaban J connectivity index is 1.98. The molecule has 1 heterocycles. The lowest BCUT2D eigenvalue weighted by Gasteiger charge is -2.34. The predicted molar refractivity (Wildman–Crippen MR) is 75.6 cm³/mol. The molecule has 102 valence electrons. The Labute approximate surface area is 111 Å². The number of nitrogens with one attached hydrogen (secondary N) is 1. The number of hydrogen-bond donors (Lipinski definition) is 1. The number of nitrogens with zero attached hydrogens (tertiary/aromatic N) is 2. The number of aromatic nitrogens is 2. The zero-order valence-corrected chi connectivity index (χ0v) is 12.1. The summed E-state index contributed by atoms with van der Waals surface area (Å²) in [6.07, 6.45) is 7.80. The third-order valence-electron chi connectivity index (χ3n) is 4.23. The van der Waals surface area contributed by atoms with Gasteiger partial charge in [0.25, 0.3) is 0 Å². The molecule has 0 spiro atoms. The molecule has 0 aliphatic heterocycles. The SMILES string of the molecule is CCc1cc(CNC2(C)CCCCC2)n(CC)n1. The van der Waals surface area contributed by atoms with E-state index in [1.54, 1.807) is 0 Å². The highest BCUT2D eigenvalue weighted by Gasteiger charge is 2.26. The van der Waals surface area contributed by atoms with E-state index in [0.29, 0.717) is 5.54 Å². The van der Waals surface area contributed by atoms with Crippen molar-refractivity contribution in [1.82, 2.24) is 15.1 Å². The summed E-state index contributed by atoms with van der Waals surface area (Å²) in [5.74, 6) is 0. The highest BCUT2D eigenvalue weighted by Crippen LogP contribution is 2.27. The fourth-order valence-electron chi connectivity index (χ4n) is 2.92. The van der Waals surface area contributed by atoms with Crippen LogP contribution < -0.4 is 5.32 Å². The van der Waals surface area contributed by atoms with Gasteiger partial charge in [0.15, 0.2) is 0 Å². The van der Waals surface area contributed by atoms with Gasteiger partial charge >= 0.3 is 0 Å². The van der Waals surface area contributed by atoms with Crippen molar-refractivity contribution in [2.45, 2.75) is 77.9 Å². The summed E-state index contributed by atoms with van der Waals surface area (Å²) in [4.78, 5) is 0. The fraction of sp³-hybridized carbons (Fsp3) is 0.800. The van der Waals surface area contributed by atoms with E-state index in [2.05, 4.69) is 41.9 Å². The van der Waals surface area contributed by atoms with E-state index in [9.17, 15) is 0 Å². The molecular weight excluding hydrogens is 222 g/mol. The second kappa shape index (κ2) is 5.87. The van der Waals surface area contributed by atoms with Gasteiger partial charge in [0, 0.05) is 18.6 Å². The lowest BCUT2D eigenvalue weighted by Crippen LogP contribution is -2.43. The van der Waals surface area contributed by atoms with Gasteiger partial charge in [-0.05, 0) is 39.2 Å². The summed E-state index contributed by atoms with van der Waals surface area (Å²) >= 11 is 0. The molecule has 2 rings (SSSR count). The summed E-state index contributed by atoms with van der Waals surface area (Å²) in [7, 11) is 0. The molecule has 1 aromatic rings. The monoisotopic (exact) mass is 249 g/mol. The molecule has 1 aliphatic carbocycles. The van der Waals surface area contributed by atoms with E-state index in [0.717, 1.165) is 19.5 Å². The molecule has 1 fully saturated rings. The predicted octanol–water partition coefficient (Wildman–Crippen LogP) is 3.28. The maximum absolute atomic E-state index is 4.61. The van der Waals surface area contributed by atoms with Crippen LogP contribution >= 0.6 is 0 Å². The molecule has 1 aromatic heterocycles. The molecule has 1 saturated carbocycles. The summed E-state index contributed by atoms with van der Waals surface area (Å²) in [6.45, 7) is 8.63. The molecule has 0 atom stereocenters. The molecular formula is C15H27N3. The Bertz CT molecular complexity index is 375. The molecule has 0 saturated heterocycles. The summed E-state index contributed by atoms with van der Waals surface area (Å²) < 4.78 is 2.14. The third kappa shape index (κ3) is 3.14. The maximum atomic E-state index is 4.61. The van der Waals surface area contributed by atoms with Crippen LogP contribution in [0.15, 0.2) is 6.07 Å². The Morgan fingerprint density at radius 3 is 2.61 bits per heavy atom. The summed E-state index contributed by atoms with van der Waals surface area (Å²) in [5.41, 5.74) is 2.89. The van der Waals surface area contributed by atoms with Gasteiger partial charge in [0.05, 0.1) is 11.4 Å². The van der Waals surface area contributed by atoms with E-state index < -0.39 is 0 Å². The van der Waals surface area contributed by atoms with Gasteiger partial charge in [0.2, 0.25) is 0 Å². The third-order valence-corrected chi connectivity index (χ3v) is 4.23. The van der Waals surface area contributed by atoms with Gasteiger partial charge in [-0.1, -0.05) is 26.2 Å². The van der Waals surface area contributed by atoms with Crippen molar-refractivity contribution in [3.63, 3.8) is 0 Å². The average Bonchev–Trinajstić information content (AvgIpc) is 2.80. The molecule has 18 heavy (non-hydrogen) atoms. The van der Waals surface area contributed by atoms with Crippen molar-refractivity contribution < 1.29 is 0 Å². The van der Waals surface area contributed by atoms with Crippen LogP contribution in [0.3, 0.4) is 0 Å². The lowest BCUT2D eigenvalue weighted by atomic mass is 9.83. The topological polar surface area (TPSA) is 29.9 Å². The molecule has 0 bridgehead atoms. The molecule has 0 unspecified atom stereocenters. The normalized spacial score (nSPS) is 19.1. The van der Waals surface area contributed by atoms with Crippen molar-refractivity contribution in [2.24, 2.45) is 0 Å². The molecule has 3 heteroatoms. The molecule has 3 nitrogen and oxygen atoms in total. The smallest absolute Gasteiger partial charge is 0.0625 e. The van der Waals surface area contributed by atoms with E-state index in [-0.39, 0.29) is 0 Å². The average molecular weight is 249 g/mol. The quantitative estimate of drug-likeness (QED) is 0.868. The van der Waals surface area contributed by atoms with Crippen LogP contribution in [-0.4, -0.2) is 15.3 Å². The van der Waals surface area contributed by atoms with Crippen molar-refractivity contribution in [2.75, 3.05) is 0 Å². The standard InChI is InChI=1S/C15H27N3/c1-4-13-11-14(18(5-2)17-13)12-16-15(3)9-7-6-8-10-15/h11,16H,4-10,12H2,1-3H3. The van der Waals surface area contributed by atoms with Gasteiger partial charge < -0.3 is 5.32 Å². The largest absolute Gasteiger partial charge is 0.306 e. The minimum absolute atomic E-state index is 0.341. The summed E-state index contributed by atoms with van der Waals surface area (Å²) in [6, 6.07) is 2.25. The van der Waals surface area contributed by atoms with Crippen molar-refractivity contribution in [3.05, 3.63) is 17.5 Å². The van der Waals surface area contributed by atoms with Gasteiger partial charge in [-0.25, -0.2) is 0 Å². The molecule has 0 aromatic carbocycles. The van der Waals surface area contributed by atoms with Crippen LogP contribution in [0.2, 0.25) is 0 Å². The Hall–Kier alpha value is -0.830. The lowest BCUT2D eigenvalue weighted by molar-refractivity contribution is 0.250. The zero-order valence-electron chi connectivity index (χ0n) is 12.1. The van der Waals surface area contributed by atoms with Crippen LogP contribution in [0, 0.1) is 0 Å². The number of rotatable bonds is 5. The highest BCUT2D eigenvalue weighted by atomic mass is 15.3. The Kier molecular flexibility index (Phi) is 4.44. The fourth-order valence-corrected chi connectivity index (χ4v) is 2.92. The number of hydrogen-bond acceptors (Lipinski definition) is 2. The minimum atomic E-state index is 0.341. The first-order valence-corrected chi connectivity index (χ1v) is 7.47. The van der Waals surface area contributed by atoms with Crippen LogP contribution in [-0.2, 0) is 19.5 Å². The van der Waals surface area contributed by atoms with E-state index in [4.69, 9.17) is 0 Å². The van der Waals surface area contributed by atoms with Crippen molar-refractivity contribution in [1.29, 1.82) is 0 Å². The van der Waals surface area contributed by atoms with Gasteiger partial charge in [-0.2, -0.15) is 5.10 Å². The highest BCUT2D eigenvalue weighted by molar-refractivity contribution is 5.11. The van der Waals surface area contributed by atoms with Crippen LogP contribution in [0.5, 0.6) is 0 Å². The second-order valence-electron chi connectivity index (χ2n) is 5.77. The molecule has 0 radical (unpaired) electrons. The van der Waals surface area contributed by atoms with Gasteiger partial charge in [-0.15, -0.1) is 0 Å². The Morgan fingerprint density at radius 1 is 1.28 bits per heavy atom. The maximum Gasteiger partial charge on any atom is 0.0625 e. The first kappa shape index (κ1) is 13.6. The van der Waals surface area contributed by atoms with Crippen LogP contribution in [0.1, 0.15) is 64.3 Å². The van der Waals surface area contributed by atoms with Gasteiger partial charge in [-0.3, -0.25) is 4.68 Å². The van der Waals surface area contributed by atoms with E-state index >= 15 is 0 Å².